The molecule has 0 atom stereocenters. The molecule has 11 rings (SSSR count). The van der Waals surface area contributed by atoms with Crippen LogP contribution in [0.25, 0.3) is 78.3 Å². The maximum absolute atomic E-state index is 5.24. The number of benzene rings is 8. The van der Waals surface area contributed by atoms with Gasteiger partial charge in [0.15, 0.2) is 5.82 Å². The number of rotatable bonds is 7. The van der Waals surface area contributed by atoms with E-state index in [1.54, 1.807) is 0 Å². The lowest BCUT2D eigenvalue weighted by Gasteiger charge is -2.34. The number of nitrogens with zero attached hydrogens (tertiary/aromatic N) is 3. The predicted molar refractivity (Wildman–Crippen MR) is 242 cm³/mol. The van der Waals surface area contributed by atoms with Crippen molar-refractivity contribution in [2.45, 2.75) is 5.41 Å². The maximum atomic E-state index is 5.24. The van der Waals surface area contributed by atoms with Crippen LogP contribution in [0.1, 0.15) is 22.3 Å². The second kappa shape index (κ2) is 14.3. The molecule has 3 heteroatoms. The topological polar surface area (TPSA) is 38.7 Å². The number of aromatic nitrogens is 3. The maximum Gasteiger partial charge on any atom is 0.160 e. The summed E-state index contributed by atoms with van der Waals surface area (Å²) in [6.45, 7) is 0. The Morgan fingerprint density at radius 1 is 0.305 bits per heavy atom. The quantitative estimate of drug-likeness (QED) is 0.163. The lowest BCUT2D eigenvalue weighted by molar-refractivity contribution is 0.769. The summed E-state index contributed by atoms with van der Waals surface area (Å²) >= 11 is 0. The molecule has 0 saturated heterocycles. The third-order valence-corrected chi connectivity index (χ3v) is 11.8. The zero-order valence-electron chi connectivity index (χ0n) is 32.2. The molecule has 3 nitrogen and oxygen atoms in total. The Kier molecular flexibility index (Phi) is 8.37. The summed E-state index contributed by atoms with van der Waals surface area (Å²) in [4.78, 5) is 15.4. The van der Waals surface area contributed by atoms with Gasteiger partial charge in [0.05, 0.1) is 28.0 Å². The van der Waals surface area contributed by atoms with Crippen LogP contribution in [0.2, 0.25) is 0 Å². The van der Waals surface area contributed by atoms with Crippen molar-refractivity contribution in [2.24, 2.45) is 0 Å². The molecule has 0 radical (unpaired) electrons. The smallest absolute Gasteiger partial charge is 0.160 e. The first-order valence-electron chi connectivity index (χ1n) is 20.1. The van der Waals surface area contributed by atoms with Crippen LogP contribution in [0, 0.1) is 0 Å². The largest absolute Gasteiger partial charge is 0.248 e. The van der Waals surface area contributed by atoms with Crippen LogP contribution in [-0.4, -0.2) is 15.0 Å². The molecule has 0 bridgehead atoms. The molecule has 10 aromatic rings. The van der Waals surface area contributed by atoms with Gasteiger partial charge in [-0.2, -0.15) is 0 Å². The molecule has 1 aliphatic rings. The molecular weight excluding hydrogens is 715 g/mol. The van der Waals surface area contributed by atoms with Crippen molar-refractivity contribution in [3.8, 4) is 67.4 Å². The van der Waals surface area contributed by atoms with Gasteiger partial charge < -0.3 is 0 Å². The van der Waals surface area contributed by atoms with E-state index in [-0.39, 0.29) is 0 Å². The van der Waals surface area contributed by atoms with E-state index < -0.39 is 5.41 Å². The van der Waals surface area contributed by atoms with E-state index in [0.29, 0.717) is 5.82 Å². The van der Waals surface area contributed by atoms with E-state index in [1.807, 2.05) is 30.3 Å². The number of pyridine rings is 1. The van der Waals surface area contributed by atoms with Crippen molar-refractivity contribution in [3.05, 3.63) is 247 Å². The second-order valence-corrected chi connectivity index (χ2v) is 15.1. The first kappa shape index (κ1) is 34.5. The highest BCUT2D eigenvalue weighted by molar-refractivity contribution is 5.94. The first-order chi connectivity index (χ1) is 29.2. The van der Waals surface area contributed by atoms with Crippen molar-refractivity contribution in [1.29, 1.82) is 0 Å². The molecule has 1 aliphatic carbocycles. The molecule has 0 unspecified atom stereocenters. The molecular formula is C56H37N3. The highest BCUT2D eigenvalue weighted by atomic mass is 14.9. The summed E-state index contributed by atoms with van der Waals surface area (Å²) in [6.07, 6.45) is 0. The van der Waals surface area contributed by atoms with Crippen LogP contribution < -0.4 is 0 Å². The van der Waals surface area contributed by atoms with E-state index in [4.69, 9.17) is 15.0 Å². The first-order valence-corrected chi connectivity index (χ1v) is 20.1. The van der Waals surface area contributed by atoms with Gasteiger partial charge in [-0.3, -0.25) is 0 Å². The summed E-state index contributed by atoms with van der Waals surface area (Å²) in [5.74, 6) is 0.689. The monoisotopic (exact) mass is 751 g/mol. The van der Waals surface area contributed by atoms with Crippen LogP contribution in [-0.2, 0) is 5.41 Å². The van der Waals surface area contributed by atoms with E-state index in [2.05, 4.69) is 194 Å². The second-order valence-electron chi connectivity index (χ2n) is 15.1. The normalized spacial score (nSPS) is 12.5. The van der Waals surface area contributed by atoms with Gasteiger partial charge in [0.2, 0.25) is 0 Å². The van der Waals surface area contributed by atoms with E-state index in [0.717, 1.165) is 61.4 Å². The van der Waals surface area contributed by atoms with Gasteiger partial charge in [-0.25, -0.2) is 15.0 Å². The summed E-state index contributed by atoms with van der Waals surface area (Å²) in [5, 5.41) is 1.03. The van der Waals surface area contributed by atoms with Crippen molar-refractivity contribution >= 4 is 10.9 Å². The summed E-state index contributed by atoms with van der Waals surface area (Å²) in [5.41, 5.74) is 17.3. The minimum absolute atomic E-state index is 0.451. The zero-order chi connectivity index (χ0) is 39.2. The Bertz CT molecular complexity index is 3120. The lowest BCUT2D eigenvalue weighted by Crippen LogP contribution is -2.28. The van der Waals surface area contributed by atoms with E-state index >= 15 is 0 Å². The third-order valence-electron chi connectivity index (χ3n) is 11.8. The lowest BCUT2D eigenvalue weighted by atomic mass is 9.67. The summed E-state index contributed by atoms with van der Waals surface area (Å²) in [6, 6.07) is 79.9. The van der Waals surface area contributed by atoms with Gasteiger partial charge in [-0.1, -0.05) is 188 Å². The van der Waals surface area contributed by atoms with Crippen LogP contribution >= 0.6 is 0 Å². The number of hydrogen-bond acceptors (Lipinski definition) is 3. The molecule has 8 aromatic carbocycles. The number of fused-ring (bicyclic) bond motifs is 4. The Morgan fingerprint density at radius 3 is 1.51 bits per heavy atom. The zero-order valence-corrected chi connectivity index (χ0v) is 32.2. The van der Waals surface area contributed by atoms with Gasteiger partial charge in [0, 0.05) is 27.6 Å². The van der Waals surface area contributed by atoms with Gasteiger partial charge in [-0.15, -0.1) is 0 Å². The molecule has 276 valence electrons. The van der Waals surface area contributed by atoms with Crippen LogP contribution in [0.3, 0.4) is 0 Å². The molecule has 0 fully saturated rings. The molecule has 2 aromatic heterocycles. The fraction of sp³-hybridized carbons (Fsp3) is 0.0179. The van der Waals surface area contributed by atoms with Crippen molar-refractivity contribution in [3.63, 3.8) is 0 Å². The Balaban J connectivity index is 0.967. The van der Waals surface area contributed by atoms with E-state index in [9.17, 15) is 0 Å². The van der Waals surface area contributed by atoms with Gasteiger partial charge in [0.25, 0.3) is 0 Å². The predicted octanol–water partition coefficient (Wildman–Crippen LogP) is 13.7. The fourth-order valence-corrected chi connectivity index (χ4v) is 9.10. The Hall–Kier alpha value is -7.75. The molecule has 0 spiro atoms. The highest BCUT2D eigenvalue weighted by Gasteiger charge is 2.45. The average Bonchev–Trinajstić information content (AvgIpc) is 3.63. The molecule has 0 aliphatic heterocycles. The number of hydrogen-bond donors (Lipinski definition) is 0. The molecule has 0 amide bonds. The van der Waals surface area contributed by atoms with Crippen LogP contribution in [0.15, 0.2) is 224 Å². The Labute approximate surface area is 344 Å². The van der Waals surface area contributed by atoms with Gasteiger partial charge >= 0.3 is 0 Å². The van der Waals surface area contributed by atoms with Crippen LogP contribution in [0.5, 0.6) is 0 Å². The standard InChI is InChI=1S/C56H37N3/c1-3-17-38(18-4-1)54-48-29-9-12-32-53(48)58-55(59-54)43-23-14-22-42(36-43)52-34-16-33-51(57-52)41-21-13-19-39(35-41)40-20-15-26-45(37-40)56(44-24-5-2-6-25-44)49-30-10-7-27-46(49)47-28-8-11-31-50(47)56/h1-37H. The average molecular weight is 752 g/mol. The molecule has 0 saturated carbocycles. The molecule has 0 N–H and O–H groups in total. The molecule has 59 heavy (non-hydrogen) atoms. The van der Waals surface area contributed by atoms with Gasteiger partial charge in [-0.05, 0) is 80.9 Å². The summed E-state index contributed by atoms with van der Waals surface area (Å²) < 4.78 is 0. The summed E-state index contributed by atoms with van der Waals surface area (Å²) in [7, 11) is 0. The van der Waals surface area contributed by atoms with Gasteiger partial charge in [0.1, 0.15) is 0 Å². The fourth-order valence-electron chi connectivity index (χ4n) is 9.10. The molecule has 2 heterocycles. The van der Waals surface area contributed by atoms with Crippen LogP contribution in [0.4, 0.5) is 0 Å². The van der Waals surface area contributed by atoms with E-state index in [1.165, 1.54) is 33.4 Å². The van der Waals surface area contributed by atoms with Crippen molar-refractivity contribution in [1.82, 2.24) is 15.0 Å². The SMILES string of the molecule is c1ccc(-c2nc(-c3cccc(-c4cccc(-c5cccc(-c6cccc(C7(c8ccccc8)c8ccccc8-c8ccccc87)c6)c5)n4)c3)nc3ccccc23)cc1. The number of para-hydroxylation sites is 1. The Morgan fingerprint density at radius 2 is 0.797 bits per heavy atom. The van der Waals surface area contributed by atoms with Crippen molar-refractivity contribution in [2.75, 3.05) is 0 Å². The van der Waals surface area contributed by atoms with Crippen molar-refractivity contribution < 1.29 is 0 Å². The highest BCUT2D eigenvalue weighted by Crippen LogP contribution is 2.56. The third kappa shape index (κ3) is 5.86. The minimum atomic E-state index is -0.451. The minimum Gasteiger partial charge on any atom is -0.248 e.